The van der Waals surface area contributed by atoms with Crippen LogP contribution in [0.5, 0.6) is 11.5 Å². The lowest BCUT2D eigenvalue weighted by molar-refractivity contribution is -0.140. The van der Waals surface area contributed by atoms with Crippen LogP contribution in [0.1, 0.15) is 37.4 Å². The number of amides is 1. The second kappa shape index (κ2) is 10.3. The largest absolute Gasteiger partial charge is 0.507 e. The summed E-state index contributed by atoms with van der Waals surface area (Å²) >= 11 is 0. The predicted octanol–water partition coefficient (Wildman–Crippen LogP) is 3.75. The lowest BCUT2D eigenvalue weighted by atomic mass is 9.94. The van der Waals surface area contributed by atoms with Crippen LogP contribution in [-0.4, -0.2) is 66.0 Å². The highest BCUT2D eigenvalue weighted by molar-refractivity contribution is 6.46. The Morgan fingerprint density at radius 2 is 1.79 bits per heavy atom. The molecule has 7 nitrogen and oxygen atoms in total. The van der Waals surface area contributed by atoms with Crippen molar-refractivity contribution in [1.82, 2.24) is 9.80 Å². The van der Waals surface area contributed by atoms with Gasteiger partial charge in [0.05, 0.1) is 11.6 Å². The molecule has 0 unspecified atom stereocenters. The Morgan fingerprint density at radius 3 is 2.50 bits per heavy atom. The first-order valence-electron chi connectivity index (χ1n) is 11.6. The first-order valence-corrected chi connectivity index (χ1v) is 11.6. The van der Waals surface area contributed by atoms with E-state index in [1.807, 2.05) is 0 Å². The molecule has 8 heteroatoms. The Labute approximate surface area is 198 Å². The number of hydrogen-bond donors (Lipinski definition) is 1. The minimum atomic E-state index is -1.02. The number of benzene rings is 2. The van der Waals surface area contributed by atoms with Gasteiger partial charge in [0.15, 0.2) is 11.5 Å². The fourth-order valence-corrected chi connectivity index (χ4v) is 4.48. The lowest BCUT2D eigenvalue weighted by Gasteiger charge is -2.27. The number of hydrogen-bond acceptors (Lipinski definition) is 6. The van der Waals surface area contributed by atoms with Gasteiger partial charge < -0.3 is 24.4 Å². The summed E-state index contributed by atoms with van der Waals surface area (Å²) in [5, 5.41) is 11.2. The Hall–Kier alpha value is -3.39. The van der Waals surface area contributed by atoms with Crippen molar-refractivity contribution in [2.45, 2.75) is 26.3 Å². The van der Waals surface area contributed by atoms with E-state index in [1.165, 1.54) is 11.0 Å². The van der Waals surface area contributed by atoms with Gasteiger partial charge in [-0.1, -0.05) is 32.0 Å². The van der Waals surface area contributed by atoms with Gasteiger partial charge in [0.2, 0.25) is 0 Å². The first kappa shape index (κ1) is 23.8. The van der Waals surface area contributed by atoms with Gasteiger partial charge in [-0.25, -0.2) is 4.39 Å². The van der Waals surface area contributed by atoms with Crippen molar-refractivity contribution < 1.29 is 28.6 Å². The van der Waals surface area contributed by atoms with Gasteiger partial charge in [-0.05, 0) is 50.3 Å². The standard InChI is InChI=1S/C26H29FN2O5/c1-3-28(4-2)12-7-13-29-23(18-8-5-6-9-19(18)27)22(25(31)26(29)32)24(30)17-10-11-20-21(16-17)34-15-14-33-20/h5-6,8-11,16,23,30H,3-4,7,12-15H2,1-2H3/t23-/m0/s1. The summed E-state index contributed by atoms with van der Waals surface area (Å²) in [7, 11) is 0. The van der Waals surface area contributed by atoms with Crippen molar-refractivity contribution in [2.75, 3.05) is 39.4 Å². The maximum absolute atomic E-state index is 14.9. The average Bonchev–Trinajstić information content (AvgIpc) is 3.11. The van der Waals surface area contributed by atoms with E-state index in [9.17, 15) is 19.1 Å². The number of halogens is 1. The number of rotatable bonds is 8. The van der Waals surface area contributed by atoms with Crippen molar-refractivity contribution in [3.63, 3.8) is 0 Å². The van der Waals surface area contributed by atoms with E-state index in [-0.39, 0.29) is 23.4 Å². The summed E-state index contributed by atoms with van der Waals surface area (Å²) in [6, 6.07) is 9.80. The van der Waals surface area contributed by atoms with Crippen LogP contribution in [0.2, 0.25) is 0 Å². The molecule has 2 aliphatic rings. The summed E-state index contributed by atoms with van der Waals surface area (Å²) in [6.45, 7) is 7.64. The zero-order valence-electron chi connectivity index (χ0n) is 19.4. The Kier molecular flexibility index (Phi) is 7.17. The molecule has 1 atom stereocenters. The van der Waals surface area contributed by atoms with Gasteiger partial charge in [0, 0.05) is 17.7 Å². The fraction of sp³-hybridized carbons (Fsp3) is 0.385. The number of aliphatic hydroxyl groups is 1. The third kappa shape index (κ3) is 4.50. The highest BCUT2D eigenvalue weighted by atomic mass is 19.1. The molecule has 0 aromatic heterocycles. The molecule has 0 spiro atoms. The van der Waals surface area contributed by atoms with Gasteiger partial charge in [0.1, 0.15) is 24.8 Å². The number of likely N-dealkylation sites (tertiary alicyclic amines) is 1. The monoisotopic (exact) mass is 468 g/mol. The molecular formula is C26H29FN2O5. The minimum Gasteiger partial charge on any atom is -0.507 e. The van der Waals surface area contributed by atoms with Crippen molar-refractivity contribution >= 4 is 17.4 Å². The molecule has 2 aromatic carbocycles. The van der Waals surface area contributed by atoms with Crippen molar-refractivity contribution in [2.24, 2.45) is 0 Å². The molecule has 180 valence electrons. The van der Waals surface area contributed by atoms with E-state index < -0.39 is 23.5 Å². The molecule has 0 radical (unpaired) electrons. The third-order valence-electron chi connectivity index (χ3n) is 6.32. The van der Waals surface area contributed by atoms with Crippen LogP contribution < -0.4 is 9.47 Å². The van der Waals surface area contributed by atoms with E-state index in [4.69, 9.17) is 9.47 Å². The number of nitrogens with zero attached hydrogens (tertiary/aromatic N) is 2. The Balaban J connectivity index is 1.75. The van der Waals surface area contributed by atoms with Gasteiger partial charge in [0.25, 0.3) is 11.7 Å². The van der Waals surface area contributed by atoms with Crippen LogP contribution in [-0.2, 0) is 9.59 Å². The summed E-state index contributed by atoms with van der Waals surface area (Å²) < 4.78 is 26.0. The zero-order valence-corrected chi connectivity index (χ0v) is 19.4. The molecule has 2 aliphatic heterocycles. The molecule has 1 saturated heterocycles. The van der Waals surface area contributed by atoms with Gasteiger partial charge in [-0.2, -0.15) is 0 Å². The van der Waals surface area contributed by atoms with Crippen LogP contribution in [0.4, 0.5) is 4.39 Å². The molecule has 0 aliphatic carbocycles. The van der Waals surface area contributed by atoms with Crippen LogP contribution in [0.15, 0.2) is 48.0 Å². The Morgan fingerprint density at radius 1 is 1.09 bits per heavy atom. The number of Topliss-reactive ketones (excluding diaryl/α,β-unsaturated/α-hetero) is 1. The number of carbonyl (C=O) groups is 2. The molecule has 2 heterocycles. The summed E-state index contributed by atoms with van der Waals surface area (Å²) in [5.41, 5.74) is 0.338. The van der Waals surface area contributed by atoms with Crippen molar-refractivity contribution in [3.05, 3.63) is 65.0 Å². The lowest BCUT2D eigenvalue weighted by Crippen LogP contribution is -2.33. The van der Waals surface area contributed by atoms with Crippen LogP contribution >= 0.6 is 0 Å². The number of aliphatic hydroxyl groups excluding tert-OH is 1. The second-order valence-corrected chi connectivity index (χ2v) is 8.25. The molecule has 0 bridgehead atoms. The van der Waals surface area contributed by atoms with E-state index in [0.717, 1.165) is 19.6 Å². The fourth-order valence-electron chi connectivity index (χ4n) is 4.48. The summed E-state index contributed by atoms with van der Waals surface area (Å²) in [5.74, 6) is -1.52. The average molecular weight is 469 g/mol. The predicted molar refractivity (Wildman–Crippen MR) is 125 cm³/mol. The normalized spacial score (nSPS) is 19.2. The molecule has 34 heavy (non-hydrogen) atoms. The van der Waals surface area contributed by atoms with Gasteiger partial charge in [-0.3, -0.25) is 9.59 Å². The van der Waals surface area contributed by atoms with Crippen LogP contribution in [0.25, 0.3) is 5.76 Å². The Bertz CT molecular complexity index is 1110. The second-order valence-electron chi connectivity index (χ2n) is 8.25. The van der Waals surface area contributed by atoms with Gasteiger partial charge in [-0.15, -0.1) is 0 Å². The molecule has 2 aromatic rings. The number of ketones is 1. The third-order valence-corrected chi connectivity index (χ3v) is 6.32. The number of fused-ring (bicyclic) bond motifs is 1. The van der Waals surface area contributed by atoms with Gasteiger partial charge >= 0.3 is 0 Å². The summed E-state index contributed by atoms with van der Waals surface area (Å²) in [6.07, 6.45) is 0.615. The maximum atomic E-state index is 14.9. The topological polar surface area (TPSA) is 79.3 Å². The van der Waals surface area contributed by atoms with Crippen LogP contribution in [0, 0.1) is 5.82 Å². The maximum Gasteiger partial charge on any atom is 0.295 e. The molecule has 1 amide bonds. The zero-order chi connectivity index (χ0) is 24.2. The quantitative estimate of drug-likeness (QED) is 0.361. The van der Waals surface area contributed by atoms with Crippen LogP contribution in [0.3, 0.4) is 0 Å². The SMILES string of the molecule is CCN(CC)CCCN1C(=O)C(=O)C(=C(O)c2ccc3c(c2)OCCO3)[C@@H]1c1ccccc1F. The molecule has 0 saturated carbocycles. The van der Waals surface area contributed by atoms with E-state index in [1.54, 1.807) is 36.4 Å². The molecule has 1 fully saturated rings. The van der Waals surface area contributed by atoms with Crippen molar-refractivity contribution in [1.29, 1.82) is 0 Å². The minimum absolute atomic E-state index is 0.130. The smallest absolute Gasteiger partial charge is 0.295 e. The van der Waals surface area contributed by atoms with Crippen molar-refractivity contribution in [3.8, 4) is 11.5 Å². The summed E-state index contributed by atoms with van der Waals surface area (Å²) in [4.78, 5) is 29.8. The molecule has 1 N–H and O–H groups in total. The number of carbonyl (C=O) groups excluding carboxylic acids is 2. The highest BCUT2D eigenvalue weighted by Gasteiger charge is 2.46. The molecule has 4 rings (SSSR count). The van der Waals surface area contributed by atoms with E-state index in [0.29, 0.717) is 36.7 Å². The number of ether oxygens (including phenoxy) is 2. The highest BCUT2D eigenvalue weighted by Crippen LogP contribution is 2.41. The van der Waals surface area contributed by atoms with E-state index >= 15 is 0 Å². The first-order chi connectivity index (χ1) is 16.5. The molecular weight excluding hydrogens is 439 g/mol. The van der Waals surface area contributed by atoms with E-state index in [2.05, 4.69) is 18.7 Å².